The van der Waals surface area contributed by atoms with Crippen LogP contribution < -0.4 is 5.32 Å². The van der Waals surface area contributed by atoms with E-state index in [1.807, 2.05) is 0 Å². The highest BCUT2D eigenvalue weighted by atomic mass is 16.2. The van der Waals surface area contributed by atoms with Gasteiger partial charge >= 0.3 is 0 Å². The molecule has 2 nitrogen and oxygen atoms in total. The highest BCUT2D eigenvalue weighted by Gasteiger charge is 2.44. The van der Waals surface area contributed by atoms with E-state index in [9.17, 15) is 4.79 Å². The molecule has 0 spiro atoms. The Morgan fingerprint density at radius 1 is 1.42 bits per heavy atom. The lowest BCUT2D eigenvalue weighted by molar-refractivity contribution is -0.119. The molecule has 1 heterocycles. The number of rotatable bonds is 1. The summed E-state index contributed by atoms with van der Waals surface area (Å²) in [6.07, 6.45) is 4.80. The lowest BCUT2D eigenvalue weighted by Gasteiger charge is -2.38. The Morgan fingerprint density at radius 2 is 2.08 bits per heavy atom. The Labute approximate surface area is 73.7 Å². The van der Waals surface area contributed by atoms with Gasteiger partial charge in [-0.15, -0.1) is 0 Å². The third-order valence-corrected chi connectivity index (χ3v) is 3.51. The van der Waals surface area contributed by atoms with Gasteiger partial charge in [0.1, 0.15) is 0 Å². The highest BCUT2D eigenvalue weighted by molar-refractivity contribution is 5.79. The van der Waals surface area contributed by atoms with Crippen molar-refractivity contribution in [3.05, 3.63) is 0 Å². The first-order valence-corrected chi connectivity index (χ1v) is 4.90. The van der Waals surface area contributed by atoms with Gasteiger partial charge in [-0.25, -0.2) is 0 Å². The van der Waals surface area contributed by atoms with Gasteiger partial charge in [0.15, 0.2) is 0 Å². The summed E-state index contributed by atoms with van der Waals surface area (Å²) >= 11 is 0. The van der Waals surface area contributed by atoms with Crippen LogP contribution in [0, 0.1) is 11.8 Å². The molecule has 2 rings (SSSR count). The molecule has 1 saturated heterocycles. The summed E-state index contributed by atoms with van der Waals surface area (Å²) in [7, 11) is 0. The van der Waals surface area contributed by atoms with E-state index in [0.717, 1.165) is 12.3 Å². The fraction of sp³-hybridized carbons (Fsp3) is 0.900. The Bertz CT molecular complexity index is 206. The molecule has 0 aromatic carbocycles. The van der Waals surface area contributed by atoms with Crippen molar-refractivity contribution < 1.29 is 4.79 Å². The molecule has 2 fully saturated rings. The summed E-state index contributed by atoms with van der Waals surface area (Å²) < 4.78 is 0. The van der Waals surface area contributed by atoms with Crippen LogP contribution in [0.4, 0.5) is 0 Å². The van der Waals surface area contributed by atoms with Crippen molar-refractivity contribution in [3.63, 3.8) is 0 Å². The highest BCUT2D eigenvalue weighted by Crippen LogP contribution is 2.43. The molecule has 0 aromatic rings. The van der Waals surface area contributed by atoms with Crippen molar-refractivity contribution in [2.75, 3.05) is 0 Å². The fourth-order valence-electron chi connectivity index (χ4n) is 2.56. The molecule has 0 bridgehead atoms. The summed E-state index contributed by atoms with van der Waals surface area (Å²) in [5.41, 5.74) is 0.0577. The van der Waals surface area contributed by atoms with E-state index < -0.39 is 0 Å². The van der Waals surface area contributed by atoms with E-state index in [2.05, 4.69) is 19.2 Å². The lowest BCUT2D eigenvalue weighted by Crippen LogP contribution is -2.43. The van der Waals surface area contributed by atoms with Gasteiger partial charge in [-0.05, 0) is 25.7 Å². The van der Waals surface area contributed by atoms with Gasteiger partial charge < -0.3 is 5.32 Å². The van der Waals surface area contributed by atoms with E-state index in [1.165, 1.54) is 19.3 Å². The SMILES string of the molecule is CC1(C)NC(=O)CC1C1CCC1. The molecule has 1 N–H and O–H groups in total. The summed E-state index contributed by atoms with van der Waals surface area (Å²) in [4.78, 5) is 11.2. The summed E-state index contributed by atoms with van der Waals surface area (Å²) in [6.45, 7) is 4.31. The van der Waals surface area contributed by atoms with Gasteiger partial charge in [-0.3, -0.25) is 4.79 Å². The molecule has 1 atom stereocenters. The van der Waals surface area contributed by atoms with Crippen LogP contribution >= 0.6 is 0 Å². The molecular formula is C10H17NO. The second-order valence-electron chi connectivity index (χ2n) is 4.77. The molecule has 1 aliphatic heterocycles. The van der Waals surface area contributed by atoms with E-state index in [4.69, 9.17) is 0 Å². The van der Waals surface area contributed by atoms with Crippen LogP contribution in [0.5, 0.6) is 0 Å². The minimum absolute atomic E-state index is 0.0577. The van der Waals surface area contributed by atoms with Crippen LogP contribution in [0.2, 0.25) is 0 Å². The third-order valence-electron chi connectivity index (χ3n) is 3.51. The number of carbonyl (C=O) groups is 1. The number of hydrogen-bond donors (Lipinski definition) is 1. The van der Waals surface area contributed by atoms with E-state index >= 15 is 0 Å². The van der Waals surface area contributed by atoms with Crippen molar-refractivity contribution in [2.24, 2.45) is 11.8 Å². The molecule has 1 saturated carbocycles. The van der Waals surface area contributed by atoms with Crippen LogP contribution in [0.3, 0.4) is 0 Å². The third kappa shape index (κ3) is 1.13. The largest absolute Gasteiger partial charge is 0.351 e. The second-order valence-corrected chi connectivity index (χ2v) is 4.77. The second kappa shape index (κ2) is 2.48. The first-order valence-electron chi connectivity index (χ1n) is 4.90. The maximum Gasteiger partial charge on any atom is 0.220 e. The molecule has 2 heteroatoms. The summed E-state index contributed by atoms with van der Waals surface area (Å²) in [6, 6.07) is 0. The van der Waals surface area contributed by atoms with Crippen LogP contribution in [-0.2, 0) is 4.79 Å². The Morgan fingerprint density at radius 3 is 2.42 bits per heavy atom. The Balaban J connectivity index is 2.08. The van der Waals surface area contributed by atoms with Gasteiger partial charge in [0, 0.05) is 12.0 Å². The van der Waals surface area contributed by atoms with Crippen molar-refractivity contribution in [1.29, 1.82) is 0 Å². The van der Waals surface area contributed by atoms with Gasteiger partial charge in [-0.2, -0.15) is 0 Å². The number of hydrogen-bond acceptors (Lipinski definition) is 1. The minimum Gasteiger partial charge on any atom is -0.351 e. The van der Waals surface area contributed by atoms with E-state index in [1.54, 1.807) is 0 Å². The fourth-order valence-corrected chi connectivity index (χ4v) is 2.56. The number of amides is 1. The van der Waals surface area contributed by atoms with Gasteiger partial charge in [0.25, 0.3) is 0 Å². The van der Waals surface area contributed by atoms with Crippen molar-refractivity contribution in [1.82, 2.24) is 5.32 Å². The monoisotopic (exact) mass is 167 g/mol. The lowest BCUT2D eigenvalue weighted by atomic mass is 9.69. The average Bonchev–Trinajstić information content (AvgIpc) is 2.01. The number of carbonyl (C=O) groups excluding carboxylic acids is 1. The normalized spacial score (nSPS) is 34.5. The maximum atomic E-state index is 11.2. The topological polar surface area (TPSA) is 29.1 Å². The molecule has 12 heavy (non-hydrogen) atoms. The molecule has 0 aromatic heterocycles. The van der Waals surface area contributed by atoms with Crippen molar-refractivity contribution in [2.45, 2.75) is 45.1 Å². The first-order chi connectivity index (χ1) is 5.59. The quantitative estimate of drug-likeness (QED) is 0.632. The van der Waals surface area contributed by atoms with Gasteiger partial charge in [-0.1, -0.05) is 19.3 Å². The molecule has 1 unspecified atom stereocenters. The number of nitrogens with one attached hydrogen (secondary N) is 1. The zero-order valence-corrected chi connectivity index (χ0v) is 7.89. The summed E-state index contributed by atoms with van der Waals surface area (Å²) in [5, 5.41) is 3.05. The Kier molecular flexibility index (Phi) is 1.67. The maximum absolute atomic E-state index is 11.2. The molecule has 1 amide bonds. The predicted octanol–water partition coefficient (Wildman–Crippen LogP) is 1.70. The smallest absolute Gasteiger partial charge is 0.220 e. The standard InChI is InChI=1S/C10H17NO/c1-10(2)8(6-9(12)11-10)7-4-3-5-7/h7-8H,3-6H2,1-2H3,(H,11,12). The molecule has 0 radical (unpaired) electrons. The summed E-state index contributed by atoms with van der Waals surface area (Å²) in [5.74, 6) is 1.66. The predicted molar refractivity (Wildman–Crippen MR) is 47.7 cm³/mol. The van der Waals surface area contributed by atoms with Gasteiger partial charge in [0.05, 0.1) is 0 Å². The van der Waals surface area contributed by atoms with E-state index in [-0.39, 0.29) is 11.4 Å². The van der Waals surface area contributed by atoms with Crippen LogP contribution in [0.1, 0.15) is 39.5 Å². The minimum atomic E-state index is 0.0577. The zero-order chi connectivity index (χ0) is 8.77. The average molecular weight is 167 g/mol. The van der Waals surface area contributed by atoms with Crippen molar-refractivity contribution in [3.8, 4) is 0 Å². The molecule has 68 valence electrons. The Hall–Kier alpha value is -0.530. The molecule has 2 aliphatic rings. The molecule has 1 aliphatic carbocycles. The zero-order valence-electron chi connectivity index (χ0n) is 7.89. The van der Waals surface area contributed by atoms with Crippen LogP contribution in [0.15, 0.2) is 0 Å². The first kappa shape index (κ1) is 8.09. The van der Waals surface area contributed by atoms with Gasteiger partial charge in [0.2, 0.25) is 5.91 Å². The van der Waals surface area contributed by atoms with Crippen LogP contribution in [0.25, 0.3) is 0 Å². The van der Waals surface area contributed by atoms with E-state index in [0.29, 0.717) is 5.92 Å². The van der Waals surface area contributed by atoms with Crippen molar-refractivity contribution >= 4 is 5.91 Å². The van der Waals surface area contributed by atoms with Crippen LogP contribution in [-0.4, -0.2) is 11.4 Å². The molecular weight excluding hydrogens is 150 g/mol.